The molecule has 4 nitrogen and oxygen atoms in total. The van der Waals surface area contributed by atoms with Gasteiger partial charge in [0.1, 0.15) is 7.29 Å². The molecule has 0 aromatic carbocycles. The van der Waals surface area contributed by atoms with E-state index in [1.54, 1.807) is 50.2 Å². The normalized spacial score (nSPS) is 11.5. The highest BCUT2D eigenvalue weighted by molar-refractivity contribution is 8.76. The Bertz CT molecular complexity index is 281. The topological polar surface area (TPSA) is 58.2 Å². The van der Waals surface area contributed by atoms with E-state index < -0.39 is 7.29 Å². The van der Waals surface area contributed by atoms with Gasteiger partial charge >= 0.3 is 0 Å². The molecule has 0 heterocycles. The molecule has 0 radical (unpaired) electrons. The molecular formula is C10H23N2O2PS4. The predicted octanol–water partition coefficient (Wildman–Crippen LogP) is 3.01. The first-order valence-corrected chi connectivity index (χ1v) is 13.5. The molecule has 0 rings (SSSR count). The molecule has 0 fully saturated rings. The monoisotopic (exact) mass is 362 g/mol. The van der Waals surface area contributed by atoms with Crippen molar-refractivity contribution < 1.29 is 9.36 Å². The van der Waals surface area contributed by atoms with Gasteiger partial charge in [-0.2, -0.15) is 0 Å². The number of hydrogen-bond acceptors (Lipinski definition) is 6. The maximum Gasteiger partial charge on any atom is 0.221 e. The summed E-state index contributed by atoms with van der Waals surface area (Å²) in [6.07, 6.45) is 5.82. The van der Waals surface area contributed by atoms with Gasteiger partial charge in [0.2, 0.25) is 5.91 Å². The van der Waals surface area contributed by atoms with Crippen molar-refractivity contribution in [2.24, 2.45) is 0 Å². The minimum Gasteiger partial charge on any atom is -0.359 e. The van der Waals surface area contributed by atoms with E-state index in [0.717, 1.165) is 11.5 Å². The molecule has 0 aliphatic carbocycles. The SMILES string of the molecule is CNC(=O)CCNP(=O)(CCSSC)CCSSC. The number of amides is 1. The molecule has 0 atom stereocenters. The largest absolute Gasteiger partial charge is 0.359 e. The van der Waals surface area contributed by atoms with Crippen LogP contribution < -0.4 is 10.4 Å². The Labute approximate surface area is 132 Å². The fourth-order valence-electron chi connectivity index (χ4n) is 1.30. The smallest absolute Gasteiger partial charge is 0.221 e. The van der Waals surface area contributed by atoms with Crippen molar-refractivity contribution in [3.05, 3.63) is 0 Å². The van der Waals surface area contributed by atoms with Crippen LogP contribution in [0, 0.1) is 0 Å². The quantitative estimate of drug-likeness (QED) is 0.314. The van der Waals surface area contributed by atoms with Crippen LogP contribution in [-0.2, 0) is 9.36 Å². The zero-order valence-electron chi connectivity index (χ0n) is 11.6. The third-order valence-electron chi connectivity index (χ3n) is 2.34. The van der Waals surface area contributed by atoms with Crippen molar-refractivity contribution in [3.8, 4) is 0 Å². The Morgan fingerprint density at radius 1 is 1.11 bits per heavy atom. The summed E-state index contributed by atoms with van der Waals surface area (Å²) >= 11 is 0. The van der Waals surface area contributed by atoms with Gasteiger partial charge < -0.3 is 9.88 Å². The van der Waals surface area contributed by atoms with E-state index in [9.17, 15) is 9.36 Å². The van der Waals surface area contributed by atoms with Crippen LogP contribution >= 0.6 is 50.5 Å². The Morgan fingerprint density at radius 2 is 1.63 bits per heavy atom. The highest BCUT2D eigenvalue weighted by atomic mass is 33.1. The van der Waals surface area contributed by atoms with Crippen molar-refractivity contribution in [1.29, 1.82) is 0 Å². The van der Waals surface area contributed by atoms with Crippen LogP contribution in [0.2, 0.25) is 0 Å². The van der Waals surface area contributed by atoms with Gasteiger partial charge in [0.15, 0.2) is 0 Å². The van der Waals surface area contributed by atoms with Crippen LogP contribution in [0.1, 0.15) is 6.42 Å². The average molecular weight is 363 g/mol. The molecule has 19 heavy (non-hydrogen) atoms. The maximum atomic E-state index is 12.7. The molecule has 0 spiro atoms. The van der Waals surface area contributed by atoms with Crippen LogP contribution in [0.15, 0.2) is 0 Å². The van der Waals surface area contributed by atoms with Gasteiger partial charge in [0.05, 0.1) is 0 Å². The molecule has 2 N–H and O–H groups in total. The number of hydrogen-bond donors (Lipinski definition) is 2. The van der Waals surface area contributed by atoms with E-state index in [1.807, 2.05) is 12.5 Å². The third kappa shape index (κ3) is 11.4. The van der Waals surface area contributed by atoms with Crippen molar-refractivity contribution >= 4 is 56.4 Å². The molecule has 0 unspecified atom stereocenters. The van der Waals surface area contributed by atoms with E-state index in [0.29, 0.717) is 25.3 Å². The summed E-state index contributed by atoms with van der Waals surface area (Å²) in [7, 11) is 6.13. The van der Waals surface area contributed by atoms with Gasteiger partial charge in [-0.3, -0.25) is 9.88 Å². The van der Waals surface area contributed by atoms with E-state index in [1.165, 1.54) is 0 Å². The Hall–Kier alpha value is 1.06. The Kier molecular flexibility index (Phi) is 13.5. The van der Waals surface area contributed by atoms with E-state index in [4.69, 9.17) is 0 Å². The molecule has 0 aliphatic rings. The standard InChI is InChI=1S/C10H23N2O2PS4/c1-11-10(13)4-5-12-15(14,6-8-18-16-2)7-9-19-17-3/h4-9H2,1-3H3,(H,11,13)(H,12,14). The lowest BCUT2D eigenvalue weighted by Crippen LogP contribution is -2.25. The van der Waals surface area contributed by atoms with Crippen molar-refractivity contribution in [2.45, 2.75) is 6.42 Å². The second kappa shape index (κ2) is 12.8. The van der Waals surface area contributed by atoms with E-state index in [-0.39, 0.29) is 5.91 Å². The van der Waals surface area contributed by atoms with Crippen molar-refractivity contribution in [2.75, 3.05) is 49.9 Å². The molecule has 0 bridgehead atoms. The summed E-state index contributed by atoms with van der Waals surface area (Å²) in [5.74, 6) is 1.75. The van der Waals surface area contributed by atoms with Gasteiger partial charge in [0, 0.05) is 43.8 Å². The van der Waals surface area contributed by atoms with Crippen LogP contribution in [-0.4, -0.2) is 55.8 Å². The summed E-state index contributed by atoms with van der Waals surface area (Å²) in [6, 6.07) is 0. The molecule has 0 aromatic heterocycles. The highest BCUT2D eigenvalue weighted by Crippen LogP contribution is 2.43. The molecule has 114 valence electrons. The molecule has 0 saturated heterocycles. The van der Waals surface area contributed by atoms with Gasteiger partial charge in [-0.25, -0.2) is 0 Å². The molecular weight excluding hydrogens is 339 g/mol. The zero-order chi connectivity index (χ0) is 14.6. The van der Waals surface area contributed by atoms with Crippen LogP contribution in [0.3, 0.4) is 0 Å². The third-order valence-corrected chi connectivity index (χ3v) is 9.26. The molecule has 1 amide bonds. The fraction of sp³-hybridized carbons (Fsp3) is 0.900. The summed E-state index contributed by atoms with van der Waals surface area (Å²) in [4.78, 5) is 11.2. The number of carbonyl (C=O) groups is 1. The van der Waals surface area contributed by atoms with Crippen molar-refractivity contribution in [1.82, 2.24) is 10.4 Å². The predicted molar refractivity (Wildman–Crippen MR) is 96.0 cm³/mol. The van der Waals surface area contributed by atoms with Gasteiger partial charge in [-0.1, -0.05) is 43.2 Å². The minimum atomic E-state index is -2.34. The lowest BCUT2D eigenvalue weighted by molar-refractivity contribution is -0.120. The number of rotatable bonds is 12. The first kappa shape index (κ1) is 20.1. The fourth-order valence-corrected chi connectivity index (χ4v) is 7.99. The summed E-state index contributed by atoms with van der Waals surface area (Å²) in [5, 5.41) is 5.70. The zero-order valence-corrected chi connectivity index (χ0v) is 15.8. The van der Waals surface area contributed by atoms with E-state index >= 15 is 0 Å². The van der Waals surface area contributed by atoms with Gasteiger partial charge in [0.25, 0.3) is 0 Å². The average Bonchev–Trinajstić information content (AvgIpc) is 2.39. The van der Waals surface area contributed by atoms with Gasteiger partial charge in [-0.05, 0) is 12.5 Å². The molecule has 0 aromatic rings. The summed E-state index contributed by atoms with van der Waals surface area (Å²) in [6.45, 7) is 0.491. The van der Waals surface area contributed by atoms with Crippen LogP contribution in [0.5, 0.6) is 0 Å². The van der Waals surface area contributed by atoms with Crippen molar-refractivity contribution in [3.63, 3.8) is 0 Å². The van der Waals surface area contributed by atoms with Crippen LogP contribution in [0.4, 0.5) is 0 Å². The lowest BCUT2D eigenvalue weighted by atomic mass is 10.4. The second-order valence-corrected chi connectivity index (χ2v) is 12.0. The summed E-state index contributed by atoms with van der Waals surface area (Å²) < 4.78 is 12.7. The molecule has 9 heteroatoms. The van der Waals surface area contributed by atoms with Gasteiger partial charge in [-0.15, -0.1) is 0 Å². The molecule has 0 saturated carbocycles. The Balaban J connectivity index is 4.14. The first-order valence-electron chi connectivity index (χ1n) is 5.93. The number of nitrogens with one attached hydrogen (secondary N) is 2. The highest BCUT2D eigenvalue weighted by Gasteiger charge is 2.21. The summed E-state index contributed by atoms with van der Waals surface area (Å²) in [5.41, 5.74) is 0. The Morgan fingerprint density at radius 3 is 2.05 bits per heavy atom. The van der Waals surface area contributed by atoms with Crippen LogP contribution in [0.25, 0.3) is 0 Å². The number of carbonyl (C=O) groups excluding carboxylic acids is 1. The molecule has 0 aliphatic heterocycles. The minimum absolute atomic E-state index is 0.0176. The maximum absolute atomic E-state index is 12.7. The van der Waals surface area contributed by atoms with E-state index in [2.05, 4.69) is 10.4 Å². The second-order valence-electron chi connectivity index (χ2n) is 3.65. The first-order chi connectivity index (χ1) is 9.08. The lowest BCUT2D eigenvalue weighted by Gasteiger charge is -2.19.